The fourth-order valence-corrected chi connectivity index (χ4v) is 3.86. The smallest absolute Gasteiger partial charge is 0.416 e. The van der Waals surface area contributed by atoms with E-state index in [-0.39, 0.29) is 25.0 Å². The molecule has 30 heavy (non-hydrogen) atoms. The van der Waals surface area contributed by atoms with Gasteiger partial charge in [0.1, 0.15) is 5.82 Å². The number of rotatable bonds is 7. The van der Waals surface area contributed by atoms with E-state index >= 15 is 0 Å². The Morgan fingerprint density at radius 3 is 2.33 bits per heavy atom. The molecule has 0 aliphatic rings. The second-order valence-corrected chi connectivity index (χ2v) is 8.51. The van der Waals surface area contributed by atoms with Gasteiger partial charge in [-0.3, -0.25) is 4.79 Å². The molecule has 0 unspecified atom stereocenters. The molecule has 11 heteroatoms. The first-order valence-electron chi connectivity index (χ1n) is 8.57. The van der Waals surface area contributed by atoms with Crippen LogP contribution in [0.15, 0.2) is 48.5 Å². The van der Waals surface area contributed by atoms with E-state index in [1.165, 1.54) is 37.4 Å². The lowest BCUT2D eigenvalue weighted by Gasteiger charge is -2.20. The molecule has 3 N–H and O–H groups in total. The van der Waals surface area contributed by atoms with E-state index in [0.29, 0.717) is 5.56 Å². The molecule has 0 aliphatic carbocycles. The van der Waals surface area contributed by atoms with Crippen molar-refractivity contribution in [3.05, 3.63) is 71.0 Å². The highest BCUT2D eigenvalue weighted by Crippen LogP contribution is 2.29. The molecule has 0 amide bonds. The summed E-state index contributed by atoms with van der Waals surface area (Å²) in [6.07, 6.45) is -4.47. The minimum atomic E-state index is -4.50. The number of carbonyl (C=O) groups is 1. The van der Waals surface area contributed by atoms with E-state index in [4.69, 9.17) is 15.6 Å². The molecule has 0 spiro atoms. The Bertz CT molecular complexity index is 936. The first-order chi connectivity index (χ1) is 13.9. The highest BCUT2D eigenvalue weighted by Gasteiger charge is 2.30. The van der Waals surface area contributed by atoms with Gasteiger partial charge in [-0.05, 0) is 29.7 Å². The number of carboxylic acid groups (broad SMARTS) is 1. The van der Waals surface area contributed by atoms with Crippen LogP contribution in [0.3, 0.4) is 0 Å². The van der Waals surface area contributed by atoms with Crippen molar-refractivity contribution in [3.8, 4) is 0 Å². The van der Waals surface area contributed by atoms with Gasteiger partial charge >= 0.3 is 6.18 Å². The summed E-state index contributed by atoms with van der Waals surface area (Å²) in [6.45, 7) is -0.474. The van der Waals surface area contributed by atoms with Crippen LogP contribution in [0, 0.1) is 5.82 Å². The number of benzene rings is 2. The first-order valence-corrected chi connectivity index (χ1v) is 10.2. The number of alkyl halides is 3. The molecule has 0 aromatic heterocycles. The predicted molar refractivity (Wildman–Crippen MR) is 103 cm³/mol. The van der Waals surface area contributed by atoms with Crippen LogP contribution in [-0.2, 0) is 34.0 Å². The van der Waals surface area contributed by atoms with Gasteiger partial charge in [-0.2, -0.15) is 13.2 Å². The summed E-state index contributed by atoms with van der Waals surface area (Å²) in [5, 5.41) is 6.89. The monoisotopic (exact) mass is 450 g/mol. The van der Waals surface area contributed by atoms with Crippen LogP contribution in [0.4, 0.5) is 17.6 Å². The lowest BCUT2D eigenvalue weighted by Crippen LogP contribution is -2.38. The Balaban J connectivity index is 0.00000141. The van der Waals surface area contributed by atoms with Crippen molar-refractivity contribution in [1.29, 1.82) is 0 Å². The van der Waals surface area contributed by atoms with Gasteiger partial charge in [0.15, 0.2) is 0 Å². The van der Waals surface area contributed by atoms with E-state index in [0.717, 1.165) is 16.4 Å². The molecular weight excluding hydrogens is 428 g/mol. The van der Waals surface area contributed by atoms with Crippen molar-refractivity contribution in [2.24, 2.45) is 5.73 Å². The lowest BCUT2D eigenvalue weighted by molar-refractivity contribution is -0.137. The first kappa shape index (κ1) is 25.5. The van der Waals surface area contributed by atoms with Gasteiger partial charge in [0, 0.05) is 19.6 Å². The molecule has 2 aromatic carbocycles. The average Bonchev–Trinajstić information content (AvgIpc) is 2.63. The van der Waals surface area contributed by atoms with Gasteiger partial charge in [0.05, 0.1) is 11.3 Å². The molecule has 0 bridgehead atoms. The van der Waals surface area contributed by atoms with Crippen LogP contribution < -0.4 is 5.73 Å². The van der Waals surface area contributed by atoms with E-state index in [2.05, 4.69) is 0 Å². The summed E-state index contributed by atoms with van der Waals surface area (Å²) < 4.78 is 77.8. The molecule has 2 aromatic rings. The third-order valence-electron chi connectivity index (χ3n) is 4.00. The number of nitrogens with two attached hydrogens (primary N) is 1. The summed E-state index contributed by atoms with van der Waals surface area (Å²) in [5.41, 5.74) is 5.52. The zero-order chi connectivity index (χ0) is 22.9. The fourth-order valence-electron chi connectivity index (χ4n) is 2.60. The van der Waals surface area contributed by atoms with Gasteiger partial charge in [-0.1, -0.05) is 36.4 Å². The van der Waals surface area contributed by atoms with Gasteiger partial charge in [-0.15, -0.1) is 0 Å². The number of hydrogen-bond donors (Lipinski definition) is 2. The number of hydrogen-bond acceptors (Lipinski definition) is 4. The second kappa shape index (κ2) is 11.0. The van der Waals surface area contributed by atoms with E-state index in [1.54, 1.807) is 6.07 Å². The third-order valence-corrected chi connectivity index (χ3v) is 5.93. The Hall–Kier alpha value is -2.50. The molecule has 0 saturated carbocycles. The van der Waals surface area contributed by atoms with Gasteiger partial charge in [0.2, 0.25) is 10.0 Å². The molecule has 1 atom stereocenters. The minimum absolute atomic E-state index is 0.0311. The predicted octanol–water partition coefficient (Wildman–Crippen LogP) is 2.88. The van der Waals surface area contributed by atoms with Crippen LogP contribution in [0.1, 0.15) is 16.7 Å². The molecule has 0 heterocycles. The minimum Gasteiger partial charge on any atom is -0.483 e. The van der Waals surface area contributed by atoms with Crippen molar-refractivity contribution in [1.82, 2.24) is 4.31 Å². The van der Waals surface area contributed by atoms with Crippen LogP contribution >= 0.6 is 0 Å². The van der Waals surface area contributed by atoms with Crippen molar-refractivity contribution in [3.63, 3.8) is 0 Å². The topological polar surface area (TPSA) is 101 Å². The van der Waals surface area contributed by atoms with Crippen molar-refractivity contribution >= 4 is 16.5 Å². The van der Waals surface area contributed by atoms with Crippen molar-refractivity contribution in [2.75, 3.05) is 12.8 Å². The number of nitrogens with zero attached hydrogens (tertiary/aromatic N) is 1. The van der Waals surface area contributed by atoms with Gasteiger partial charge in [0.25, 0.3) is 6.47 Å². The number of sulfonamides is 1. The molecule has 0 saturated heterocycles. The zero-order valence-corrected chi connectivity index (χ0v) is 16.8. The SMILES string of the molecule is CN(Cc1cccc(C(F)(F)F)c1)S(=O)(=O)C[C@H](N)Cc1ccccc1F.O=CO. The summed E-state index contributed by atoms with van der Waals surface area (Å²) in [6, 6.07) is 9.54. The Kier molecular flexibility index (Phi) is 9.40. The quantitative estimate of drug-likeness (QED) is 0.499. The Morgan fingerprint density at radius 2 is 1.77 bits per heavy atom. The largest absolute Gasteiger partial charge is 0.483 e. The van der Waals surface area contributed by atoms with Crippen molar-refractivity contribution in [2.45, 2.75) is 25.2 Å². The molecule has 0 fully saturated rings. The summed E-state index contributed by atoms with van der Waals surface area (Å²) in [5.74, 6) is -0.917. The van der Waals surface area contributed by atoms with Crippen LogP contribution in [0.2, 0.25) is 0 Å². The molecular formula is C19H22F4N2O4S. The summed E-state index contributed by atoms with van der Waals surface area (Å²) >= 11 is 0. The number of halogens is 4. The maximum atomic E-state index is 13.7. The van der Waals surface area contributed by atoms with Gasteiger partial charge in [-0.25, -0.2) is 17.1 Å². The van der Waals surface area contributed by atoms with Crippen LogP contribution in [0.25, 0.3) is 0 Å². The summed E-state index contributed by atoms with van der Waals surface area (Å²) in [4.78, 5) is 8.36. The van der Waals surface area contributed by atoms with Crippen LogP contribution in [0.5, 0.6) is 0 Å². The average molecular weight is 450 g/mol. The fraction of sp³-hybridized carbons (Fsp3) is 0.316. The molecule has 0 radical (unpaired) electrons. The zero-order valence-electron chi connectivity index (χ0n) is 16.0. The maximum Gasteiger partial charge on any atom is 0.416 e. The normalized spacial score (nSPS) is 12.8. The maximum absolute atomic E-state index is 13.7. The van der Waals surface area contributed by atoms with Crippen LogP contribution in [-0.4, -0.2) is 43.1 Å². The van der Waals surface area contributed by atoms with E-state index in [1.807, 2.05) is 0 Å². The molecule has 166 valence electrons. The third kappa shape index (κ3) is 8.09. The highest BCUT2D eigenvalue weighted by atomic mass is 32.2. The standard InChI is InChI=1S/C18H20F4N2O2S.CH2O2/c1-24(11-13-5-4-7-15(9-13)18(20,21)22)27(25,26)12-16(23)10-14-6-2-3-8-17(14)19;2-1-3/h2-9,16H,10-12,23H2,1H3;1H,(H,2,3)/t16-;/m1./s1. The Morgan fingerprint density at radius 1 is 1.17 bits per heavy atom. The molecule has 2 rings (SSSR count). The van der Waals surface area contributed by atoms with E-state index in [9.17, 15) is 26.0 Å². The van der Waals surface area contributed by atoms with Crippen molar-refractivity contribution < 1.29 is 35.9 Å². The Labute approximate surface area is 172 Å². The summed E-state index contributed by atoms with van der Waals surface area (Å²) in [7, 11) is -2.57. The second-order valence-electron chi connectivity index (χ2n) is 6.39. The van der Waals surface area contributed by atoms with E-state index < -0.39 is 39.4 Å². The molecule has 0 aliphatic heterocycles. The lowest BCUT2D eigenvalue weighted by atomic mass is 10.1. The molecule has 6 nitrogen and oxygen atoms in total. The highest BCUT2D eigenvalue weighted by molar-refractivity contribution is 7.89. The van der Waals surface area contributed by atoms with Gasteiger partial charge < -0.3 is 10.8 Å².